The number of carbonyl (C=O) groups excluding carboxylic acids is 2. The van der Waals surface area contributed by atoms with E-state index in [-0.39, 0.29) is 17.6 Å². The van der Waals surface area contributed by atoms with E-state index in [0.29, 0.717) is 11.1 Å². The van der Waals surface area contributed by atoms with E-state index in [0.717, 1.165) is 0 Å². The fraction of sp³-hybridized carbons (Fsp3) is 0.133. The highest BCUT2D eigenvalue weighted by molar-refractivity contribution is 5.94. The minimum Gasteiger partial charge on any atom is -0.462 e. The van der Waals surface area contributed by atoms with E-state index in [4.69, 9.17) is 10.5 Å². The van der Waals surface area contributed by atoms with Gasteiger partial charge in [-0.15, -0.1) is 0 Å². The second-order valence-corrected chi connectivity index (χ2v) is 4.13. The smallest absolute Gasteiger partial charge is 0.343 e. The van der Waals surface area contributed by atoms with E-state index in [2.05, 4.69) is 16.8 Å². The Morgan fingerprint density at radius 1 is 1.38 bits per heavy atom. The van der Waals surface area contributed by atoms with Crippen LogP contribution in [0.25, 0.3) is 10.9 Å². The van der Waals surface area contributed by atoms with Gasteiger partial charge in [-0.25, -0.2) is 4.79 Å². The number of hydrogen-bond donors (Lipinski definition) is 2. The molecule has 0 radical (unpaired) electrons. The largest absolute Gasteiger partial charge is 0.462 e. The Morgan fingerprint density at radius 3 is 2.81 bits per heavy atom. The lowest BCUT2D eigenvalue weighted by molar-refractivity contribution is -0.112. The van der Waals surface area contributed by atoms with Gasteiger partial charge < -0.3 is 15.5 Å². The standard InChI is InChI=1S/C15H12N2O4/c1-2-21-15(20)11-8-17-12-5-3-9(4-6-13(16)18)7-10(12)14(11)19/h3,5,7-8H,2H2,1H3,(H2,16,18)(H,17,19). The first-order valence-corrected chi connectivity index (χ1v) is 6.17. The summed E-state index contributed by atoms with van der Waals surface area (Å²) in [6, 6.07) is 4.77. The first kappa shape index (κ1) is 14.3. The van der Waals surface area contributed by atoms with Crippen molar-refractivity contribution in [1.29, 1.82) is 0 Å². The molecule has 0 spiro atoms. The average Bonchev–Trinajstić information content (AvgIpc) is 2.46. The number of nitrogens with one attached hydrogen (secondary N) is 1. The van der Waals surface area contributed by atoms with Crippen LogP contribution in [-0.2, 0) is 9.53 Å². The zero-order valence-electron chi connectivity index (χ0n) is 11.2. The highest BCUT2D eigenvalue weighted by atomic mass is 16.5. The third kappa shape index (κ3) is 3.09. The number of H-pyrrole nitrogens is 1. The Bertz CT molecular complexity index is 840. The summed E-state index contributed by atoms with van der Waals surface area (Å²) in [7, 11) is 0. The summed E-state index contributed by atoms with van der Waals surface area (Å²) < 4.78 is 4.82. The number of carbonyl (C=O) groups is 2. The molecular weight excluding hydrogens is 272 g/mol. The molecule has 0 atom stereocenters. The maximum Gasteiger partial charge on any atom is 0.343 e. The van der Waals surface area contributed by atoms with Gasteiger partial charge >= 0.3 is 5.97 Å². The second-order valence-electron chi connectivity index (χ2n) is 4.13. The number of primary amides is 1. The number of benzene rings is 1. The van der Waals surface area contributed by atoms with Gasteiger partial charge in [0.25, 0.3) is 5.91 Å². The van der Waals surface area contributed by atoms with Gasteiger partial charge in [-0.05, 0) is 31.0 Å². The zero-order chi connectivity index (χ0) is 15.4. The molecule has 3 N–H and O–H groups in total. The van der Waals surface area contributed by atoms with Crippen LogP contribution in [0.4, 0.5) is 0 Å². The Hall–Kier alpha value is -3.07. The lowest BCUT2D eigenvalue weighted by atomic mass is 10.1. The highest BCUT2D eigenvalue weighted by Crippen LogP contribution is 2.11. The number of nitrogens with two attached hydrogens (primary N) is 1. The van der Waals surface area contributed by atoms with Crippen molar-refractivity contribution in [2.24, 2.45) is 5.73 Å². The van der Waals surface area contributed by atoms with Crippen molar-refractivity contribution < 1.29 is 14.3 Å². The predicted molar refractivity (Wildman–Crippen MR) is 76.6 cm³/mol. The van der Waals surface area contributed by atoms with Crippen LogP contribution >= 0.6 is 0 Å². The monoisotopic (exact) mass is 284 g/mol. The van der Waals surface area contributed by atoms with Gasteiger partial charge in [-0.3, -0.25) is 9.59 Å². The molecular formula is C15H12N2O4. The summed E-state index contributed by atoms with van der Waals surface area (Å²) in [5.74, 6) is 3.29. The van der Waals surface area contributed by atoms with Crippen LogP contribution in [0.5, 0.6) is 0 Å². The molecule has 6 nitrogen and oxygen atoms in total. The maximum atomic E-state index is 12.3. The molecule has 1 aromatic carbocycles. The van der Waals surface area contributed by atoms with Gasteiger partial charge in [-0.1, -0.05) is 5.92 Å². The Morgan fingerprint density at radius 2 is 2.14 bits per heavy atom. The van der Waals surface area contributed by atoms with Crippen molar-refractivity contribution in [1.82, 2.24) is 4.98 Å². The molecule has 6 heteroatoms. The molecule has 0 saturated heterocycles. The third-order valence-corrected chi connectivity index (χ3v) is 2.71. The molecule has 0 aliphatic rings. The Labute approximate surface area is 119 Å². The van der Waals surface area contributed by atoms with E-state index >= 15 is 0 Å². The van der Waals surface area contributed by atoms with Crippen LogP contribution in [0.2, 0.25) is 0 Å². The fourth-order valence-electron chi connectivity index (χ4n) is 1.79. The fourth-order valence-corrected chi connectivity index (χ4v) is 1.79. The minimum absolute atomic E-state index is 0.0793. The van der Waals surface area contributed by atoms with Gasteiger partial charge in [0.15, 0.2) is 0 Å². The van der Waals surface area contributed by atoms with Crippen molar-refractivity contribution in [3.63, 3.8) is 0 Å². The van der Waals surface area contributed by atoms with E-state index in [1.165, 1.54) is 12.3 Å². The summed E-state index contributed by atoms with van der Waals surface area (Å²) in [5, 5.41) is 0.289. The highest BCUT2D eigenvalue weighted by Gasteiger charge is 2.13. The van der Waals surface area contributed by atoms with Gasteiger partial charge in [0.2, 0.25) is 5.43 Å². The first-order chi connectivity index (χ1) is 10.0. The third-order valence-electron chi connectivity index (χ3n) is 2.71. The Balaban J connectivity index is 2.58. The lowest BCUT2D eigenvalue weighted by Gasteiger charge is -2.03. The van der Waals surface area contributed by atoms with Crippen molar-refractivity contribution in [2.45, 2.75) is 6.92 Å². The molecule has 2 aromatic rings. The molecule has 2 rings (SSSR count). The van der Waals surface area contributed by atoms with Crippen molar-refractivity contribution in [3.05, 3.63) is 45.7 Å². The first-order valence-electron chi connectivity index (χ1n) is 6.17. The quantitative estimate of drug-likeness (QED) is 0.620. The normalized spacial score (nSPS) is 9.76. The Kier molecular flexibility index (Phi) is 4.05. The number of pyridine rings is 1. The summed E-state index contributed by atoms with van der Waals surface area (Å²) in [6.07, 6.45) is 1.32. The number of amides is 1. The molecule has 0 aliphatic heterocycles. The van der Waals surface area contributed by atoms with Crippen molar-refractivity contribution in [2.75, 3.05) is 6.61 Å². The number of ether oxygens (including phenoxy) is 1. The van der Waals surface area contributed by atoms with Crippen LogP contribution in [-0.4, -0.2) is 23.5 Å². The second kappa shape index (κ2) is 5.92. The van der Waals surface area contributed by atoms with Crippen LogP contribution in [0.3, 0.4) is 0 Å². The molecule has 106 valence electrons. The number of fused-ring (bicyclic) bond motifs is 1. The van der Waals surface area contributed by atoms with Crippen LogP contribution in [0, 0.1) is 11.8 Å². The molecule has 0 fully saturated rings. The molecule has 1 amide bonds. The van der Waals surface area contributed by atoms with Crippen LogP contribution in [0.1, 0.15) is 22.8 Å². The number of aromatic amines is 1. The summed E-state index contributed by atoms with van der Waals surface area (Å²) in [4.78, 5) is 37.4. The molecule has 1 aromatic heterocycles. The van der Waals surface area contributed by atoms with E-state index in [9.17, 15) is 14.4 Å². The van der Waals surface area contributed by atoms with Gasteiger partial charge in [0.05, 0.1) is 6.61 Å². The average molecular weight is 284 g/mol. The lowest BCUT2D eigenvalue weighted by Crippen LogP contribution is -2.18. The van der Waals surface area contributed by atoms with Gasteiger partial charge in [-0.2, -0.15) is 0 Å². The molecule has 0 saturated carbocycles. The van der Waals surface area contributed by atoms with Crippen LogP contribution < -0.4 is 11.2 Å². The summed E-state index contributed by atoms with van der Waals surface area (Å²) in [6.45, 7) is 1.84. The summed E-state index contributed by atoms with van der Waals surface area (Å²) >= 11 is 0. The SMILES string of the molecule is CCOC(=O)c1c[nH]c2ccc(C#CC(N)=O)cc2c1=O. The number of esters is 1. The summed E-state index contributed by atoms with van der Waals surface area (Å²) in [5.41, 5.74) is 5.41. The zero-order valence-corrected chi connectivity index (χ0v) is 11.2. The van der Waals surface area contributed by atoms with Gasteiger partial charge in [0, 0.05) is 22.7 Å². The molecule has 0 bridgehead atoms. The van der Waals surface area contributed by atoms with E-state index < -0.39 is 17.3 Å². The minimum atomic E-state index is -0.760. The predicted octanol–water partition coefficient (Wildman–Crippen LogP) is 0.542. The van der Waals surface area contributed by atoms with Gasteiger partial charge in [0.1, 0.15) is 5.56 Å². The molecule has 1 heterocycles. The molecule has 0 aliphatic carbocycles. The molecule has 0 unspecified atom stereocenters. The number of hydrogen-bond acceptors (Lipinski definition) is 4. The number of rotatable bonds is 2. The number of aromatic nitrogens is 1. The van der Waals surface area contributed by atoms with E-state index in [1.54, 1.807) is 19.1 Å². The topological polar surface area (TPSA) is 102 Å². The van der Waals surface area contributed by atoms with Crippen LogP contribution in [0.15, 0.2) is 29.2 Å². The molecule has 21 heavy (non-hydrogen) atoms. The van der Waals surface area contributed by atoms with Crippen molar-refractivity contribution in [3.8, 4) is 11.8 Å². The van der Waals surface area contributed by atoms with E-state index in [1.807, 2.05) is 0 Å². The van der Waals surface area contributed by atoms with Crippen molar-refractivity contribution >= 4 is 22.8 Å². The maximum absolute atomic E-state index is 12.3.